The molecule has 1 saturated heterocycles. The second kappa shape index (κ2) is 10.9. The summed E-state index contributed by atoms with van der Waals surface area (Å²) in [5.74, 6) is 0.575. The van der Waals surface area contributed by atoms with Crippen LogP contribution in [0.4, 0.5) is 4.39 Å². The summed E-state index contributed by atoms with van der Waals surface area (Å²) in [7, 11) is 0. The van der Waals surface area contributed by atoms with Crippen molar-refractivity contribution in [1.29, 1.82) is 0 Å². The molecule has 35 heavy (non-hydrogen) atoms. The van der Waals surface area contributed by atoms with Gasteiger partial charge in [-0.05, 0) is 74.9 Å². The van der Waals surface area contributed by atoms with E-state index >= 15 is 0 Å². The average molecular weight is 474 g/mol. The van der Waals surface area contributed by atoms with E-state index in [0.29, 0.717) is 18.9 Å². The molecule has 3 heterocycles. The van der Waals surface area contributed by atoms with Crippen LogP contribution in [0, 0.1) is 5.82 Å². The van der Waals surface area contributed by atoms with E-state index in [2.05, 4.69) is 16.0 Å². The van der Waals surface area contributed by atoms with E-state index in [1.54, 1.807) is 35.3 Å². The Morgan fingerprint density at radius 3 is 2.66 bits per heavy atom. The maximum atomic E-state index is 13.5. The highest BCUT2D eigenvalue weighted by Gasteiger charge is 2.29. The van der Waals surface area contributed by atoms with Crippen LogP contribution in [0.15, 0.2) is 60.4 Å². The second-order valence-corrected chi connectivity index (χ2v) is 9.59. The summed E-state index contributed by atoms with van der Waals surface area (Å²) in [5.41, 5.74) is 3.87. The topological polar surface area (TPSA) is 63.9 Å². The number of benzene rings is 1. The van der Waals surface area contributed by atoms with Crippen LogP contribution in [0.5, 0.6) is 0 Å². The molecule has 1 aliphatic heterocycles. The zero-order chi connectivity index (χ0) is 24.0. The zero-order valence-corrected chi connectivity index (χ0v) is 20.1. The maximum Gasteiger partial charge on any atom is 0.250 e. The lowest BCUT2D eigenvalue weighted by Crippen LogP contribution is -2.39. The predicted molar refractivity (Wildman–Crippen MR) is 134 cm³/mol. The fourth-order valence-corrected chi connectivity index (χ4v) is 5.18. The smallest absolute Gasteiger partial charge is 0.250 e. The molecule has 1 amide bonds. The van der Waals surface area contributed by atoms with E-state index in [-0.39, 0.29) is 17.6 Å². The highest BCUT2D eigenvalue weighted by atomic mass is 19.1. The number of carbonyl (C=O) groups is 1. The molecule has 0 N–H and O–H groups in total. The molecule has 1 aliphatic carbocycles. The van der Waals surface area contributed by atoms with Gasteiger partial charge in [-0.1, -0.05) is 24.5 Å². The first-order chi connectivity index (χ1) is 17.2. The lowest BCUT2D eigenvalue weighted by atomic mass is 9.93. The van der Waals surface area contributed by atoms with E-state index in [0.717, 1.165) is 49.2 Å². The van der Waals surface area contributed by atoms with Crippen molar-refractivity contribution in [3.05, 3.63) is 72.0 Å². The average Bonchev–Trinajstić information content (AvgIpc) is 3.32. The number of amides is 1. The lowest BCUT2D eigenvalue weighted by molar-refractivity contribution is -0.131. The Balaban J connectivity index is 1.39. The van der Waals surface area contributed by atoms with Gasteiger partial charge < -0.3 is 4.90 Å². The minimum Gasteiger partial charge on any atom is -0.342 e. The van der Waals surface area contributed by atoms with Crippen LogP contribution < -0.4 is 0 Å². The molecule has 5 rings (SSSR count). The monoisotopic (exact) mass is 473 g/mol. The Labute approximate surface area is 205 Å². The highest BCUT2D eigenvalue weighted by molar-refractivity contribution is 5.79. The number of rotatable bonds is 5. The number of piperidine rings is 1. The quantitative estimate of drug-likeness (QED) is 0.437. The van der Waals surface area contributed by atoms with E-state index in [9.17, 15) is 9.18 Å². The fraction of sp³-hybridized carbons (Fsp3) is 0.429. The molecule has 1 unspecified atom stereocenters. The van der Waals surface area contributed by atoms with Gasteiger partial charge >= 0.3 is 0 Å². The van der Waals surface area contributed by atoms with Crippen molar-refractivity contribution in [2.75, 3.05) is 13.1 Å². The minimum atomic E-state index is -0.277. The fourth-order valence-electron chi connectivity index (χ4n) is 5.18. The summed E-state index contributed by atoms with van der Waals surface area (Å²) >= 11 is 0. The molecule has 2 aromatic heterocycles. The van der Waals surface area contributed by atoms with E-state index < -0.39 is 0 Å². The van der Waals surface area contributed by atoms with Crippen molar-refractivity contribution in [3.8, 4) is 17.2 Å². The third-order valence-corrected chi connectivity index (χ3v) is 7.07. The zero-order valence-electron chi connectivity index (χ0n) is 20.1. The van der Waals surface area contributed by atoms with Crippen molar-refractivity contribution < 1.29 is 9.18 Å². The second-order valence-electron chi connectivity index (χ2n) is 9.59. The van der Waals surface area contributed by atoms with Crippen LogP contribution in [0.1, 0.15) is 69.4 Å². The number of allylic oxidation sites excluding steroid dienone is 1. The Kier molecular flexibility index (Phi) is 7.31. The van der Waals surface area contributed by atoms with Crippen molar-refractivity contribution in [3.63, 3.8) is 0 Å². The van der Waals surface area contributed by atoms with E-state index in [4.69, 9.17) is 5.10 Å². The maximum absolute atomic E-state index is 13.5. The van der Waals surface area contributed by atoms with Crippen LogP contribution in [0.3, 0.4) is 0 Å². The van der Waals surface area contributed by atoms with Gasteiger partial charge in [0.15, 0.2) is 0 Å². The molecule has 0 spiro atoms. The van der Waals surface area contributed by atoms with Gasteiger partial charge in [0.25, 0.3) is 5.95 Å². The summed E-state index contributed by atoms with van der Waals surface area (Å²) in [4.78, 5) is 24.1. The first kappa shape index (κ1) is 23.4. The normalized spacial score (nSPS) is 19.1. The Bertz CT molecular complexity index is 1170. The Morgan fingerprint density at radius 2 is 1.83 bits per heavy atom. The highest BCUT2D eigenvalue weighted by Crippen LogP contribution is 2.32. The van der Waals surface area contributed by atoms with Gasteiger partial charge in [-0.2, -0.15) is 5.10 Å². The molecule has 1 aromatic carbocycles. The van der Waals surface area contributed by atoms with E-state index in [1.807, 2.05) is 11.0 Å². The molecule has 7 heteroatoms. The standard InChI is InChI=1S/C28H32FN5O/c29-24-13-11-22(12-14-24)25-19-26(34(32-25)28-30-15-7-16-31-28)23-10-6-17-33(20-23)27(35)18-21-8-4-2-1-3-5-9-21/h7-8,11-16,19,23H,1-6,9-10,17-18,20H2. The lowest BCUT2D eigenvalue weighted by Gasteiger charge is -2.33. The molecule has 1 fully saturated rings. The SMILES string of the molecule is O=C(CC1=CCCCCCC1)N1CCCC(c2cc(-c3ccc(F)cc3)nn2-c2ncccn2)C1. The Morgan fingerprint density at radius 1 is 1.03 bits per heavy atom. The molecule has 0 radical (unpaired) electrons. The van der Waals surface area contributed by atoms with Crippen LogP contribution >= 0.6 is 0 Å². The molecule has 1 atom stereocenters. The molecular weight excluding hydrogens is 441 g/mol. The van der Waals surface area contributed by atoms with Crippen molar-refractivity contribution >= 4 is 5.91 Å². The van der Waals surface area contributed by atoms with Crippen molar-refractivity contribution in [2.45, 2.75) is 63.7 Å². The number of hydrogen-bond donors (Lipinski definition) is 0. The van der Waals surface area contributed by atoms with Crippen LogP contribution in [0.2, 0.25) is 0 Å². The molecule has 2 aliphatic rings. The van der Waals surface area contributed by atoms with Crippen LogP contribution in [0.25, 0.3) is 17.2 Å². The van der Waals surface area contributed by atoms with Crippen LogP contribution in [-0.4, -0.2) is 43.6 Å². The molecule has 0 bridgehead atoms. The molecule has 3 aromatic rings. The van der Waals surface area contributed by atoms with Gasteiger partial charge in [-0.25, -0.2) is 19.0 Å². The molecular formula is C28H32FN5O. The number of nitrogens with zero attached hydrogens (tertiary/aromatic N) is 5. The number of aromatic nitrogens is 4. The molecule has 182 valence electrons. The first-order valence-corrected chi connectivity index (χ1v) is 12.8. The predicted octanol–water partition coefficient (Wildman–Crippen LogP) is 5.85. The summed E-state index contributed by atoms with van der Waals surface area (Å²) in [6.07, 6.45) is 15.3. The van der Waals surface area contributed by atoms with Gasteiger partial charge in [-0.15, -0.1) is 0 Å². The van der Waals surface area contributed by atoms with Gasteiger partial charge in [0.1, 0.15) is 5.82 Å². The minimum absolute atomic E-state index is 0.129. The summed E-state index contributed by atoms with van der Waals surface area (Å²) in [5, 5.41) is 4.79. The summed E-state index contributed by atoms with van der Waals surface area (Å²) in [6.45, 7) is 1.46. The van der Waals surface area contributed by atoms with Crippen molar-refractivity contribution in [2.24, 2.45) is 0 Å². The van der Waals surface area contributed by atoms with Crippen LogP contribution in [-0.2, 0) is 4.79 Å². The van der Waals surface area contributed by atoms with Gasteiger partial charge in [0.2, 0.25) is 5.91 Å². The van der Waals surface area contributed by atoms with Gasteiger partial charge in [0, 0.05) is 43.4 Å². The van der Waals surface area contributed by atoms with Crippen molar-refractivity contribution in [1.82, 2.24) is 24.6 Å². The number of likely N-dealkylation sites (tertiary alicyclic amines) is 1. The number of hydrogen-bond acceptors (Lipinski definition) is 4. The third-order valence-electron chi connectivity index (χ3n) is 7.07. The van der Waals surface area contributed by atoms with E-state index in [1.165, 1.54) is 43.4 Å². The number of halogens is 1. The largest absolute Gasteiger partial charge is 0.342 e. The van der Waals surface area contributed by atoms with Gasteiger partial charge in [0.05, 0.1) is 11.4 Å². The molecule has 0 saturated carbocycles. The Hall–Kier alpha value is -3.35. The third kappa shape index (κ3) is 5.66. The number of carbonyl (C=O) groups excluding carboxylic acids is 1. The molecule has 6 nitrogen and oxygen atoms in total. The van der Waals surface area contributed by atoms with Gasteiger partial charge in [-0.3, -0.25) is 4.79 Å². The first-order valence-electron chi connectivity index (χ1n) is 12.8. The summed E-state index contributed by atoms with van der Waals surface area (Å²) < 4.78 is 15.3. The summed E-state index contributed by atoms with van der Waals surface area (Å²) in [6, 6.07) is 10.2.